The fourth-order valence-corrected chi connectivity index (χ4v) is 1.56. The van der Waals surface area contributed by atoms with Crippen molar-refractivity contribution in [3.8, 4) is 5.75 Å². The Kier molecular flexibility index (Phi) is 5.12. The summed E-state index contributed by atoms with van der Waals surface area (Å²) in [4.78, 5) is 0. The highest BCUT2D eigenvalue weighted by Gasteiger charge is 2.04. The van der Waals surface area contributed by atoms with Gasteiger partial charge in [0.05, 0.1) is 12.8 Å². The van der Waals surface area contributed by atoms with Crippen LogP contribution in [0.15, 0.2) is 12.1 Å². The van der Waals surface area contributed by atoms with Crippen LogP contribution in [-0.2, 0) is 0 Å². The van der Waals surface area contributed by atoms with Crippen LogP contribution in [0.5, 0.6) is 5.75 Å². The van der Waals surface area contributed by atoms with E-state index >= 15 is 0 Å². The van der Waals surface area contributed by atoms with Gasteiger partial charge in [0.15, 0.2) is 0 Å². The second-order valence-corrected chi connectivity index (χ2v) is 3.99. The molecule has 90 valence electrons. The number of rotatable bonds is 6. The van der Waals surface area contributed by atoms with Crippen LogP contribution in [-0.4, -0.2) is 25.4 Å². The molecule has 0 fully saturated rings. The lowest BCUT2D eigenvalue weighted by Gasteiger charge is -2.13. The SMILES string of the molecule is COc1cc(C)c(C)cc1NCCCCO. The average molecular weight is 223 g/mol. The number of nitrogens with one attached hydrogen (secondary N) is 1. The molecule has 0 aliphatic heterocycles. The second kappa shape index (κ2) is 6.38. The normalized spacial score (nSPS) is 10.2. The van der Waals surface area contributed by atoms with Crippen LogP contribution in [0.4, 0.5) is 5.69 Å². The Morgan fingerprint density at radius 1 is 1.19 bits per heavy atom. The third-order valence-electron chi connectivity index (χ3n) is 2.72. The third kappa shape index (κ3) is 3.42. The van der Waals surface area contributed by atoms with Crippen molar-refractivity contribution in [1.29, 1.82) is 0 Å². The summed E-state index contributed by atoms with van der Waals surface area (Å²) in [6, 6.07) is 4.15. The van der Waals surface area contributed by atoms with Crippen LogP contribution >= 0.6 is 0 Å². The van der Waals surface area contributed by atoms with E-state index in [4.69, 9.17) is 9.84 Å². The molecule has 0 amide bonds. The molecule has 0 saturated heterocycles. The molecular formula is C13H21NO2. The first kappa shape index (κ1) is 12.8. The first-order valence-corrected chi connectivity index (χ1v) is 5.69. The molecule has 0 heterocycles. The van der Waals surface area contributed by atoms with Crippen molar-refractivity contribution in [3.63, 3.8) is 0 Å². The smallest absolute Gasteiger partial charge is 0.142 e. The predicted molar refractivity (Wildman–Crippen MR) is 67.3 cm³/mol. The largest absolute Gasteiger partial charge is 0.495 e. The first-order chi connectivity index (χ1) is 7.69. The molecule has 3 nitrogen and oxygen atoms in total. The van der Waals surface area contributed by atoms with Gasteiger partial charge in [0.25, 0.3) is 0 Å². The van der Waals surface area contributed by atoms with Gasteiger partial charge < -0.3 is 15.2 Å². The topological polar surface area (TPSA) is 41.5 Å². The third-order valence-corrected chi connectivity index (χ3v) is 2.72. The lowest BCUT2D eigenvalue weighted by Crippen LogP contribution is -2.04. The van der Waals surface area contributed by atoms with Gasteiger partial charge in [-0.2, -0.15) is 0 Å². The highest BCUT2D eigenvalue weighted by molar-refractivity contribution is 5.59. The summed E-state index contributed by atoms with van der Waals surface area (Å²) in [6.07, 6.45) is 1.80. The number of hydrogen-bond donors (Lipinski definition) is 2. The lowest BCUT2D eigenvalue weighted by atomic mass is 10.1. The minimum absolute atomic E-state index is 0.256. The van der Waals surface area contributed by atoms with Crippen LogP contribution in [0.3, 0.4) is 0 Å². The van der Waals surface area contributed by atoms with E-state index in [1.807, 2.05) is 6.07 Å². The molecule has 16 heavy (non-hydrogen) atoms. The summed E-state index contributed by atoms with van der Waals surface area (Å²) in [6.45, 7) is 5.28. The highest BCUT2D eigenvalue weighted by atomic mass is 16.5. The van der Waals surface area contributed by atoms with E-state index < -0.39 is 0 Å². The van der Waals surface area contributed by atoms with Gasteiger partial charge in [-0.15, -0.1) is 0 Å². The predicted octanol–water partition coefficient (Wildman–Crippen LogP) is 2.50. The Morgan fingerprint density at radius 3 is 2.50 bits per heavy atom. The van der Waals surface area contributed by atoms with Crippen molar-refractivity contribution in [2.24, 2.45) is 0 Å². The summed E-state index contributed by atoms with van der Waals surface area (Å²) in [5, 5.41) is 12.0. The molecule has 0 aromatic heterocycles. The molecule has 0 aliphatic rings. The van der Waals surface area contributed by atoms with E-state index in [0.717, 1.165) is 30.8 Å². The van der Waals surface area contributed by atoms with Gasteiger partial charge in [-0.05, 0) is 49.9 Å². The van der Waals surface area contributed by atoms with Gasteiger partial charge >= 0.3 is 0 Å². The van der Waals surface area contributed by atoms with Gasteiger partial charge in [-0.1, -0.05) is 0 Å². The van der Waals surface area contributed by atoms with Gasteiger partial charge in [-0.25, -0.2) is 0 Å². The van der Waals surface area contributed by atoms with E-state index in [-0.39, 0.29) is 6.61 Å². The van der Waals surface area contributed by atoms with E-state index in [1.54, 1.807) is 7.11 Å². The number of aliphatic hydroxyl groups excluding tert-OH is 1. The van der Waals surface area contributed by atoms with E-state index in [2.05, 4.69) is 25.2 Å². The standard InChI is InChI=1S/C13H21NO2/c1-10-8-12(14-6-4-5-7-15)13(16-3)9-11(10)2/h8-9,14-15H,4-7H2,1-3H3. The number of methoxy groups -OCH3 is 1. The molecule has 3 heteroatoms. The molecule has 1 aromatic rings. The average Bonchev–Trinajstić information content (AvgIpc) is 2.28. The fraction of sp³-hybridized carbons (Fsp3) is 0.538. The molecule has 0 aliphatic carbocycles. The molecule has 1 aromatic carbocycles. The molecule has 0 atom stereocenters. The Balaban J connectivity index is 2.66. The monoisotopic (exact) mass is 223 g/mol. The van der Waals surface area contributed by atoms with E-state index in [9.17, 15) is 0 Å². The van der Waals surface area contributed by atoms with Crippen molar-refractivity contribution in [2.75, 3.05) is 25.6 Å². The quantitative estimate of drug-likeness (QED) is 0.728. The van der Waals surface area contributed by atoms with Crippen LogP contribution < -0.4 is 10.1 Å². The number of benzene rings is 1. The zero-order valence-electron chi connectivity index (χ0n) is 10.3. The first-order valence-electron chi connectivity index (χ1n) is 5.69. The van der Waals surface area contributed by atoms with Gasteiger partial charge in [-0.3, -0.25) is 0 Å². The maximum absolute atomic E-state index is 8.69. The highest BCUT2D eigenvalue weighted by Crippen LogP contribution is 2.27. The van der Waals surface area contributed by atoms with E-state index in [0.29, 0.717) is 0 Å². The van der Waals surface area contributed by atoms with Crippen LogP contribution in [0, 0.1) is 13.8 Å². The maximum atomic E-state index is 8.69. The van der Waals surface area contributed by atoms with Crippen molar-refractivity contribution in [1.82, 2.24) is 0 Å². The number of unbranched alkanes of at least 4 members (excludes halogenated alkanes) is 1. The number of anilines is 1. The number of aryl methyl sites for hydroxylation is 2. The fourth-order valence-electron chi connectivity index (χ4n) is 1.56. The van der Waals surface area contributed by atoms with E-state index in [1.165, 1.54) is 11.1 Å². The molecule has 0 bridgehead atoms. The summed E-state index contributed by atoms with van der Waals surface area (Å²) in [7, 11) is 1.68. The van der Waals surface area contributed by atoms with Gasteiger partial charge in [0.2, 0.25) is 0 Å². The van der Waals surface area contributed by atoms with Crippen LogP contribution in [0.25, 0.3) is 0 Å². The zero-order chi connectivity index (χ0) is 12.0. The molecule has 2 N–H and O–H groups in total. The summed E-state index contributed by atoms with van der Waals surface area (Å²) < 4.78 is 5.33. The van der Waals surface area contributed by atoms with Crippen molar-refractivity contribution < 1.29 is 9.84 Å². The maximum Gasteiger partial charge on any atom is 0.142 e. The second-order valence-electron chi connectivity index (χ2n) is 3.99. The summed E-state index contributed by atoms with van der Waals surface area (Å²) >= 11 is 0. The van der Waals surface area contributed by atoms with Gasteiger partial charge in [0, 0.05) is 13.2 Å². The molecule has 0 spiro atoms. The van der Waals surface area contributed by atoms with Crippen molar-refractivity contribution in [2.45, 2.75) is 26.7 Å². The number of hydrogen-bond acceptors (Lipinski definition) is 3. The minimum atomic E-state index is 0.256. The molecule has 1 rings (SSSR count). The number of ether oxygens (including phenoxy) is 1. The molecule has 0 unspecified atom stereocenters. The summed E-state index contributed by atoms with van der Waals surface area (Å²) in [5.41, 5.74) is 3.52. The Morgan fingerprint density at radius 2 is 1.88 bits per heavy atom. The lowest BCUT2D eigenvalue weighted by molar-refractivity contribution is 0.286. The van der Waals surface area contributed by atoms with Crippen LogP contribution in [0.2, 0.25) is 0 Å². The Bertz CT molecular complexity index is 337. The number of aliphatic hydroxyl groups is 1. The molecule has 0 saturated carbocycles. The molecular weight excluding hydrogens is 202 g/mol. The zero-order valence-corrected chi connectivity index (χ0v) is 10.3. The van der Waals surface area contributed by atoms with Crippen LogP contribution in [0.1, 0.15) is 24.0 Å². The summed E-state index contributed by atoms with van der Waals surface area (Å²) in [5.74, 6) is 0.882. The van der Waals surface area contributed by atoms with Crippen molar-refractivity contribution >= 4 is 5.69 Å². The Hall–Kier alpha value is -1.22. The minimum Gasteiger partial charge on any atom is -0.495 e. The van der Waals surface area contributed by atoms with Crippen molar-refractivity contribution in [3.05, 3.63) is 23.3 Å². The Labute approximate surface area is 97.4 Å². The molecule has 0 radical (unpaired) electrons. The van der Waals surface area contributed by atoms with Gasteiger partial charge in [0.1, 0.15) is 5.75 Å².